The van der Waals surface area contributed by atoms with Gasteiger partial charge in [0, 0.05) is 6.04 Å². The molecular formula is C18H28N2O3S. The summed E-state index contributed by atoms with van der Waals surface area (Å²) in [5, 5.41) is 2.94. The molecule has 0 aliphatic heterocycles. The standard InChI is InChI=1S/C18H28N2O3S/c1-11-10-12(2)14(4)17(13(11)3)24(22,23)20-15(5)18(21)19-16-8-6-7-9-16/h10,15-16,20H,6-9H2,1-5H3,(H,19,21)/t15-/m0/s1. The van der Waals surface area contributed by atoms with Gasteiger partial charge in [-0.1, -0.05) is 18.9 Å². The van der Waals surface area contributed by atoms with E-state index in [9.17, 15) is 13.2 Å². The summed E-state index contributed by atoms with van der Waals surface area (Å²) < 4.78 is 28.2. The molecule has 6 heteroatoms. The van der Waals surface area contributed by atoms with Crippen LogP contribution in [0.2, 0.25) is 0 Å². The molecule has 0 radical (unpaired) electrons. The van der Waals surface area contributed by atoms with Crippen LogP contribution in [-0.2, 0) is 14.8 Å². The van der Waals surface area contributed by atoms with Gasteiger partial charge < -0.3 is 5.32 Å². The number of carbonyl (C=O) groups is 1. The molecule has 24 heavy (non-hydrogen) atoms. The molecule has 1 fully saturated rings. The number of benzene rings is 1. The van der Waals surface area contributed by atoms with Crippen molar-refractivity contribution in [1.29, 1.82) is 0 Å². The van der Waals surface area contributed by atoms with Gasteiger partial charge in [0.2, 0.25) is 15.9 Å². The van der Waals surface area contributed by atoms with Gasteiger partial charge in [0.25, 0.3) is 0 Å². The maximum absolute atomic E-state index is 12.8. The Labute approximate surface area is 145 Å². The lowest BCUT2D eigenvalue weighted by Gasteiger charge is -2.20. The van der Waals surface area contributed by atoms with Gasteiger partial charge in [-0.3, -0.25) is 4.79 Å². The highest BCUT2D eigenvalue weighted by Crippen LogP contribution is 2.26. The smallest absolute Gasteiger partial charge is 0.241 e. The van der Waals surface area contributed by atoms with E-state index in [1.54, 1.807) is 20.8 Å². The fourth-order valence-corrected chi connectivity index (χ4v) is 5.14. The fourth-order valence-electron chi connectivity index (χ4n) is 3.33. The normalized spacial score (nSPS) is 17.0. The van der Waals surface area contributed by atoms with Crippen LogP contribution in [0.3, 0.4) is 0 Å². The topological polar surface area (TPSA) is 75.3 Å². The molecule has 134 valence electrons. The highest BCUT2D eigenvalue weighted by atomic mass is 32.2. The van der Waals surface area contributed by atoms with Crippen LogP contribution in [0, 0.1) is 27.7 Å². The number of carbonyl (C=O) groups excluding carboxylic acids is 1. The van der Waals surface area contributed by atoms with E-state index >= 15 is 0 Å². The number of hydrogen-bond donors (Lipinski definition) is 2. The van der Waals surface area contributed by atoms with Crippen molar-refractivity contribution < 1.29 is 13.2 Å². The summed E-state index contributed by atoms with van der Waals surface area (Å²) in [5.74, 6) is -0.259. The molecule has 1 aromatic carbocycles. The number of rotatable bonds is 5. The van der Waals surface area contributed by atoms with Crippen molar-refractivity contribution in [1.82, 2.24) is 10.0 Å². The first-order valence-electron chi connectivity index (χ1n) is 8.53. The number of sulfonamides is 1. The summed E-state index contributed by atoms with van der Waals surface area (Å²) in [7, 11) is -3.76. The Kier molecular flexibility index (Phi) is 5.71. The van der Waals surface area contributed by atoms with Crippen LogP contribution in [0.15, 0.2) is 11.0 Å². The maximum atomic E-state index is 12.8. The van der Waals surface area contributed by atoms with Crippen LogP contribution in [0.1, 0.15) is 54.9 Å². The van der Waals surface area contributed by atoms with Crippen LogP contribution < -0.4 is 10.0 Å². The SMILES string of the molecule is Cc1cc(C)c(C)c(S(=O)(=O)N[C@@H](C)C(=O)NC2CCCC2)c1C. The Morgan fingerprint density at radius 1 is 1.08 bits per heavy atom. The average molecular weight is 353 g/mol. The molecule has 0 heterocycles. The van der Waals surface area contributed by atoms with Gasteiger partial charge >= 0.3 is 0 Å². The maximum Gasteiger partial charge on any atom is 0.241 e. The van der Waals surface area contributed by atoms with E-state index in [4.69, 9.17) is 0 Å². The van der Waals surface area contributed by atoms with Gasteiger partial charge in [0.05, 0.1) is 10.9 Å². The highest BCUT2D eigenvalue weighted by molar-refractivity contribution is 7.89. The third-order valence-electron chi connectivity index (χ3n) is 4.99. The molecule has 1 saturated carbocycles. The summed E-state index contributed by atoms with van der Waals surface area (Å²) in [6, 6.07) is 1.37. The Morgan fingerprint density at radius 2 is 1.58 bits per heavy atom. The summed E-state index contributed by atoms with van der Waals surface area (Å²) in [6.07, 6.45) is 4.18. The minimum atomic E-state index is -3.76. The lowest BCUT2D eigenvalue weighted by molar-refractivity contribution is -0.123. The predicted octanol–water partition coefficient (Wildman–Crippen LogP) is 2.65. The van der Waals surface area contributed by atoms with Gasteiger partial charge in [0.15, 0.2) is 0 Å². The van der Waals surface area contributed by atoms with Gasteiger partial charge in [-0.2, -0.15) is 4.72 Å². The third kappa shape index (κ3) is 3.98. The molecule has 0 unspecified atom stereocenters. The summed E-state index contributed by atoms with van der Waals surface area (Å²) in [5.41, 5.74) is 3.33. The average Bonchev–Trinajstić information content (AvgIpc) is 2.97. The molecular weight excluding hydrogens is 324 g/mol. The first-order valence-corrected chi connectivity index (χ1v) is 10.0. The molecule has 1 atom stereocenters. The quantitative estimate of drug-likeness (QED) is 0.855. The predicted molar refractivity (Wildman–Crippen MR) is 95.6 cm³/mol. The van der Waals surface area contributed by atoms with Crippen molar-refractivity contribution in [2.75, 3.05) is 0 Å². The Bertz CT molecular complexity index is 709. The van der Waals surface area contributed by atoms with Crippen molar-refractivity contribution in [2.45, 2.75) is 77.3 Å². The monoisotopic (exact) mass is 352 g/mol. The molecule has 5 nitrogen and oxygen atoms in total. The number of nitrogens with one attached hydrogen (secondary N) is 2. The van der Waals surface area contributed by atoms with E-state index in [1.165, 1.54) is 0 Å². The molecule has 2 rings (SSSR count). The van der Waals surface area contributed by atoms with Crippen molar-refractivity contribution in [3.63, 3.8) is 0 Å². The van der Waals surface area contributed by atoms with Gasteiger partial charge in [0.1, 0.15) is 0 Å². The van der Waals surface area contributed by atoms with Crippen molar-refractivity contribution in [3.8, 4) is 0 Å². The number of hydrogen-bond acceptors (Lipinski definition) is 3. The highest BCUT2D eigenvalue weighted by Gasteiger charge is 2.27. The zero-order valence-corrected chi connectivity index (χ0v) is 16.0. The second kappa shape index (κ2) is 7.23. The van der Waals surface area contributed by atoms with E-state index in [-0.39, 0.29) is 11.9 Å². The van der Waals surface area contributed by atoms with Crippen molar-refractivity contribution in [3.05, 3.63) is 28.3 Å². The van der Waals surface area contributed by atoms with Crippen LogP contribution in [0.5, 0.6) is 0 Å². The Balaban J connectivity index is 2.20. The van der Waals surface area contributed by atoms with E-state index in [0.717, 1.165) is 47.9 Å². The Morgan fingerprint density at radius 3 is 2.08 bits per heavy atom. The Hall–Kier alpha value is -1.40. The van der Waals surface area contributed by atoms with Crippen LogP contribution in [0.4, 0.5) is 0 Å². The molecule has 1 aliphatic carbocycles. The van der Waals surface area contributed by atoms with Crippen molar-refractivity contribution in [2.24, 2.45) is 0 Å². The van der Waals surface area contributed by atoms with Gasteiger partial charge in [-0.25, -0.2) is 8.42 Å². The molecule has 2 N–H and O–H groups in total. The minimum Gasteiger partial charge on any atom is -0.352 e. The minimum absolute atomic E-state index is 0.175. The molecule has 1 amide bonds. The first kappa shape index (κ1) is 18.9. The van der Waals surface area contributed by atoms with Crippen LogP contribution in [0.25, 0.3) is 0 Å². The number of aryl methyl sites for hydroxylation is 2. The van der Waals surface area contributed by atoms with E-state index in [1.807, 2.05) is 19.9 Å². The van der Waals surface area contributed by atoms with Crippen LogP contribution >= 0.6 is 0 Å². The molecule has 0 bridgehead atoms. The molecule has 1 aromatic rings. The fraction of sp³-hybridized carbons (Fsp3) is 0.611. The lowest BCUT2D eigenvalue weighted by Crippen LogP contribution is -2.47. The van der Waals surface area contributed by atoms with E-state index < -0.39 is 16.1 Å². The van der Waals surface area contributed by atoms with Gasteiger partial charge in [-0.15, -0.1) is 0 Å². The van der Waals surface area contributed by atoms with Crippen LogP contribution in [-0.4, -0.2) is 26.4 Å². The van der Waals surface area contributed by atoms with Crippen molar-refractivity contribution >= 4 is 15.9 Å². The molecule has 1 aliphatic rings. The molecule has 0 aromatic heterocycles. The second-order valence-electron chi connectivity index (χ2n) is 6.92. The van der Waals surface area contributed by atoms with Gasteiger partial charge in [-0.05, 0) is 69.7 Å². The first-order chi connectivity index (χ1) is 11.1. The van der Waals surface area contributed by atoms with E-state index in [2.05, 4.69) is 10.0 Å². The summed E-state index contributed by atoms with van der Waals surface area (Å²) >= 11 is 0. The lowest BCUT2D eigenvalue weighted by atomic mass is 10.0. The summed E-state index contributed by atoms with van der Waals surface area (Å²) in [6.45, 7) is 9.00. The van der Waals surface area contributed by atoms with E-state index in [0.29, 0.717) is 4.90 Å². The molecule has 0 saturated heterocycles. The zero-order chi connectivity index (χ0) is 18.1. The zero-order valence-electron chi connectivity index (χ0n) is 15.2. The largest absolute Gasteiger partial charge is 0.352 e. The number of amides is 1. The summed E-state index contributed by atoms with van der Waals surface area (Å²) in [4.78, 5) is 12.6. The molecule has 0 spiro atoms. The third-order valence-corrected chi connectivity index (χ3v) is 6.81. The second-order valence-corrected chi connectivity index (χ2v) is 8.57.